The predicted octanol–water partition coefficient (Wildman–Crippen LogP) is 2.67. The van der Waals surface area contributed by atoms with Gasteiger partial charge in [-0.3, -0.25) is 19.1 Å². The topological polar surface area (TPSA) is 99.6 Å². The fraction of sp³-hybridized carbons (Fsp3) is 0.320. The molecule has 3 atom stereocenters. The second-order valence-electron chi connectivity index (χ2n) is 8.16. The van der Waals surface area contributed by atoms with Crippen molar-refractivity contribution < 1.29 is 19.0 Å². The molecule has 1 fully saturated rings. The van der Waals surface area contributed by atoms with E-state index in [0.29, 0.717) is 17.7 Å². The first-order valence-electron chi connectivity index (χ1n) is 10.8. The molecule has 1 saturated heterocycles. The zero-order chi connectivity index (χ0) is 23.4. The highest BCUT2D eigenvalue weighted by atomic mass is 16.6. The summed E-state index contributed by atoms with van der Waals surface area (Å²) in [5.74, 6) is 0.278. The van der Waals surface area contributed by atoms with Crippen LogP contribution in [0, 0.1) is 13.8 Å². The molecule has 0 spiro atoms. The average Bonchev–Trinajstić information content (AvgIpc) is 3.19. The lowest BCUT2D eigenvalue weighted by Gasteiger charge is -2.20. The first-order chi connectivity index (χ1) is 15.9. The summed E-state index contributed by atoms with van der Waals surface area (Å²) >= 11 is 0. The van der Waals surface area contributed by atoms with Crippen molar-refractivity contribution in [3.05, 3.63) is 98.3 Å². The van der Waals surface area contributed by atoms with Gasteiger partial charge in [0.25, 0.3) is 5.56 Å². The van der Waals surface area contributed by atoms with E-state index in [1.807, 2.05) is 61.5 Å². The van der Waals surface area contributed by atoms with Crippen molar-refractivity contribution in [2.75, 3.05) is 6.61 Å². The molecule has 2 heterocycles. The first kappa shape index (κ1) is 22.5. The van der Waals surface area contributed by atoms with Gasteiger partial charge in [-0.25, -0.2) is 4.79 Å². The number of rotatable bonds is 7. The van der Waals surface area contributed by atoms with E-state index >= 15 is 0 Å². The molecule has 0 aliphatic carbocycles. The van der Waals surface area contributed by atoms with E-state index in [4.69, 9.17) is 14.2 Å². The summed E-state index contributed by atoms with van der Waals surface area (Å²) in [4.78, 5) is 38.7. The third-order valence-electron chi connectivity index (χ3n) is 5.54. The molecule has 0 saturated carbocycles. The smallest absolute Gasteiger partial charge is 0.330 e. The fourth-order valence-corrected chi connectivity index (χ4v) is 3.73. The molecule has 0 radical (unpaired) electrons. The Kier molecular flexibility index (Phi) is 6.74. The number of carbonyl (C=O) groups excluding carboxylic acids is 1. The van der Waals surface area contributed by atoms with Gasteiger partial charge in [-0.15, -0.1) is 0 Å². The van der Waals surface area contributed by atoms with Crippen molar-refractivity contribution >= 4 is 5.97 Å². The number of benzene rings is 2. The Morgan fingerprint density at radius 2 is 1.82 bits per heavy atom. The lowest BCUT2D eigenvalue weighted by molar-refractivity contribution is -0.149. The number of carbonyl (C=O) groups is 1. The van der Waals surface area contributed by atoms with Crippen LogP contribution in [0.25, 0.3) is 0 Å². The molecule has 1 N–H and O–H groups in total. The standard InChI is InChI=1S/C25H26N2O6/c1-16-8-10-19(11-9-16)32-20-13-22(27-14-17(2)24(29)26-25(27)30)33-21(20)15-31-23(28)12-18-6-4-3-5-7-18/h3-11,14,20-22H,12-13,15H2,1-2H3,(H,26,29,30)/t20-,21+,22-/m0/s1. The maximum absolute atomic E-state index is 12.4. The number of esters is 1. The van der Waals surface area contributed by atoms with Crippen LogP contribution in [0.2, 0.25) is 0 Å². The highest BCUT2D eigenvalue weighted by molar-refractivity contribution is 5.72. The number of aromatic amines is 1. The molecule has 172 valence electrons. The molecular formula is C25H26N2O6. The largest absolute Gasteiger partial charge is 0.487 e. The van der Waals surface area contributed by atoms with Crippen molar-refractivity contribution in [2.24, 2.45) is 0 Å². The van der Waals surface area contributed by atoms with Crippen LogP contribution >= 0.6 is 0 Å². The van der Waals surface area contributed by atoms with Gasteiger partial charge in [-0.2, -0.15) is 0 Å². The Morgan fingerprint density at radius 1 is 1.09 bits per heavy atom. The zero-order valence-electron chi connectivity index (χ0n) is 18.5. The third-order valence-corrected chi connectivity index (χ3v) is 5.54. The first-order valence-corrected chi connectivity index (χ1v) is 10.8. The Labute approximate surface area is 190 Å². The lowest BCUT2D eigenvalue weighted by Crippen LogP contribution is -2.33. The van der Waals surface area contributed by atoms with E-state index in [-0.39, 0.29) is 19.0 Å². The van der Waals surface area contributed by atoms with E-state index in [9.17, 15) is 14.4 Å². The Morgan fingerprint density at radius 3 is 2.55 bits per heavy atom. The van der Waals surface area contributed by atoms with Crippen LogP contribution < -0.4 is 16.0 Å². The number of nitrogens with one attached hydrogen (secondary N) is 1. The average molecular weight is 450 g/mol. The molecule has 3 aromatic rings. The van der Waals surface area contributed by atoms with Gasteiger partial charge in [0, 0.05) is 18.2 Å². The molecule has 2 aromatic carbocycles. The summed E-state index contributed by atoms with van der Waals surface area (Å²) in [6.45, 7) is 3.58. The van der Waals surface area contributed by atoms with Crippen molar-refractivity contribution in [3.8, 4) is 5.75 Å². The van der Waals surface area contributed by atoms with Gasteiger partial charge in [-0.1, -0.05) is 48.0 Å². The van der Waals surface area contributed by atoms with Gasteiger partial charge in [-0.05, 0) is 31.5 Å². The molecule has 1 aliphatic heterocycles. The molecule has 0 unspecified atom stereocenters. The van der Waals surface area contributed by atoms with E-state index in [1.165, 1.54) is 10.8 Å². The van der Waals surface area contributed by atoms with E-state index in [2.05, 4.69) is 4.98 Å². The van der Waals surface area contributed by atoms with Gasteiger partial charge in [0.1, 0.15) is 30.8 Å². The molecule has 8 nitrogen and oxygen atoms in total. The maximum Gasteiger partial charge on any atom is 0.330 e. The molecule has 0 amide bonds. The van der Waals surface area contributed by atoms with E-state index in [1.54, 1.807) is 6.92 Å². The highest BCUT2D eigenvalue weighted by Gasteiger charge is 2.39. The second kappa shape index (κ2) is 9.87. The molecule has 4 rings (SSSR count). The van der Waals surface area contributed by atoms with Crippen LogP contribution in [0.5, 0.6) is 5.75 Å². The number of H-pyrrole nitrogens is 1. The van der Waals surface area contributed by atoms with Crippen LogP contribution in [0.15, 0.2) is 70.4 Å². The van der Waals surface area contributed by atoms with Crippen LogP contribution in [-0.2, 0) is 20.7 Å². The van der Waals surface area contributed by atoms with Crippen molar-refractivity contribution in [1.82, 2.24) is 9.55 Å². The number of nitrogens with zero attached hydrogens (tertiary/aromatic N) is 1. The van der Waals surface area contributed by atoms with Crippen molar-refractivity contribution in [1.29, 1.82) is 0 Å². The van der Waals surface area contributed by atoms with Crippen LogP contribution in [-0.4, -0.2) is 34.3 Å². The quantitative estimate of drug-likeness (QED) is 0.556. The highest BCUT2D eigenvalue weighted by Crippen LogP contribution is 2.31. The van der Waals surface area contributed by atoms with Gasteiger partial charge in [0.05, 0.1) is 6.42 Å². The maximum atomic E-state index is 12.4. The van der Waals surface area contributed by atoms with Crippen molar-refractivity contribution in [3.63, 3.8) is 0 Å². The SMILES string of the molecule is Cc1ccc(O[C@H]2C[C@@H](n3cc(C)c(=O)[nH]c3=O)O[C@@H]2COC(=O)Cc2ccccc2)cc1. The van der Waals surface area contributed by atoms with Crippen LogP contribution in [0.3, 0.4) is 0 Å². The molecule has 1 aliphatic rings. The molecule has 33 heavy (non-hydrogen) atoms. The number of aryl methyl sites for hydroxylation is 2. The van der Waals surface area contributed by atoms with Gasteiger partial charge in [0.2, 0.25) is 0 Å². The summed E-state index contributed by atoms with van der Waals surface area (Å²) in [5, 5.41) is 0. The molecule has 1 aromatic heterocycles. The summed E-state index contributed by atoms with van der Waals surface area (Å²) in [6, 6.07) is 16.9. The monoisotopic (exact) mass is 450 g/mol. The Hall–Kier alpha value is -3.65. The number of hydrogen-bond acceptors (Lipinski definition) is 6. The minimum Gasteiger partial charge on any atom is -0.487 e. The number of ether oxygens (including phenoxy) is 3. The Bertz CT molecular complexity index is 1220. The van der Waals surface area contributed by atoms with Crippen molar-refractivity contribution in [2.45, 2.75) is 45.1 Å². The van der Waals surface area contributed by atoms with Crippen LogP contribution in [0.4, 0.5) is 0 Å². The second-order valence-corrected chi connectivity index (χ2v) is 8.16. The van der Waals surface area contributed by atoms with Gasteiger partial charge < -0.3 is 14.2 Å². The predicted molar refractivity (Wildman–Crippen MR) is 121 cm³/mol. The fourth-order valence-electron chi connectivity index (χ4n) is 3.73. The summed E-state index contributed by atoms with van der Waals surface area (Å²) in [7, 11) is 0. The summed E-state index contributed by atoms with van der Waals surface area (Å²) in [5.41, 5.74) is 1.35. The normalized spacial score (nSPS) is 19.9. The third kappa shape index (κ3) is 5.59. The minimum absolute atomic E-state index is 0.0181. The molecule has 0 bridgehead atoms. The minimum atomic E-state index is -0.665. The molecule has 8 heteroatoms. The lowest BCUT2D eigenvalue weighted by atomic mass is 10.1. The van der Waals surface area contributed by atoms with E-state index in [0.717, 1.165) is 11.1 Å². The van der Waals surface area contributed by atoms with Crippen LogP contribution in [0.1, 0.15) is 29.3 Å². The zero-order valence-corrected chi connectivity index (χ0v) is 18.5. The number of aromatic nitrogens is 2. The van der Waals surface area contributed by atoms with Gasteiger partial charge >= 0.3 is 11.7 Å². The Balaban J connectivity index is 1.49. The van der Waals surface area contributed by atoms with Gasteiger partial charge in [0.15, 0.2) is 0 Å². The number of hydrogen-bond donors (Lipinski definition) is 1. The summed E-state index contributed by atoms with van der Waals surface area (Å²) < 4.78 is 19.0. The summed E-state index contributed by atoms with van der Waals surface area (Å²) in [6.07, 6.45) is 0.260. The van der Waals surface area contributed by atoms with E-state index < -0.39 is 29.7 Å². The molecular weight excluding hydrogens is 424 g/mol.